The zero-order valence-corrected chi connectivity index (χ0v) is 20.3. The maximum atomic E-state index is 11.3. The Morgan fingerprint density at radius 1 is 0.971 bits per heavy atom. The van der Waals surface area contributed by atoms with Gasteiger partial charge in [0.2, 0.25) is 0 Å². The van der Waals surface area contributed by atoms with Gasteiger partial charge in [0, 0.05) is 6.54 Å². The quantitative estimate of drug-likeness (QED) is 0.394. The molecule has 0 radical (unpaired) electrons. The molecule has 1 aliphatic rings. The number of nitrogens with one attached hydrogen (secondary N) is 1. The van der Waals surface area contributed by atoms with Gasteiger partial charge in [0.1, 0.15) is 25.6 Å². The van der Waals surface area contributed by atoms with Crippen molar-refractivity contribution in [1.29, 1.82) is 0 Å². The highest BCUT2D eigenvalue weighted by molar-refractivity contribution is 9.10. The van der Waals surface area contributed by atoms with Crippen LogP contribution in [0.4, 0.5) is 5.69 Å². The zero-order chi connectivity index (χ0) is 24.1. The molecule has 0 atom stereocenters. The monoisotopic (exact) mass is 529 g/mol. The van der Waals surface area contributed by atoms with Crippen LogP contribution in [0, 0.1) is 0 Å². The summed E-state index contributed by atoms with van der Waals surface area (Å²) >= 11 is 3.58. The SMILES string of the molecule is COc1ccc(C(=O)O)cc1NCc1cc(Br)c(OCc2ccc3c(c2)OCCO3)c(OC)c1. The fraction of sp³-hybridized carbons (Fsp3) is 0.240. The molecule has 0 unspecified atom stereocenters. The molecule has 2 N–H and O–H groups in total. The van der Waals surface area contributed by atoms with Gasteiger partial charge in [-0.25, -0.2) is 4.79 Å². The third kappa shape index (κ3) is 5.31. The summed E-state index contributed by atoms with van der Waals surface area (Å²) in [7, 11) is 3.11. The molecule has 1 heterocycles. The van der Waals surface area contributed by atoms with E-state index in [4.69, 9.17) is 23.7 Å². The number of rotatable bonds is 9. The number of aromatic carboxylic acids is 1. The Balaban J connectivity index is 1.48. The summed E-state index contributed by atoms with van der Waals surface area (Å²) in [6.45, 7) is 1.81. The maximum absolute atomic E-state index is 11.3. The number of fused-ring (bicyclic) bond motifs is 1. The van der Waals surface area contributed by atoms with Crippen molar-refractivity contribution in [3.8, 4) is 28.7 Å². The number of hydrogen-bond acceptors (Lipinski definition) is 7. The van der Waals surface area contributed by atoms with E-state index in [0.717, 1.165) is 21.3 Å². The van der Waals surface area contributed by atoms with E-state index in [1.54, 1.807) is 13.2 Å². The fourth-order valence-corrected chi connectivity index (χ4v) is 4.13. The van der Waals surface area contributed by atoms with Gasteiger partial charge >= 0.3 is 5.97 Å². The third-order valence-electron chi connectivity index (χ3n) is 5.21. The summed E-state index contributed by atoms with van der Waals surface area (Å²) in [6, 6.07) is 14.2. The second-order valence-electron chi connectivity index (χ2n) is 7.45. The average molecular weight is 530 g/mol. The van der Waals surface area contributed by atoms with Gasteiger partial charge in [0.15, 0.2) is 23.0 Å². The van der Waals surface area contributed by atoms with Gasteiger partial charge in [0.25, 0.3) is 0 Å². The Morgan fingerprint density at radius 3 is 2.47 bits per heavy atom. The van der Waals surface area contributed by atoms with Crippen molar-refractivity contribution in [2.75, 3.05) is 32.8 Å². The standard InChI is InChI=1S/C25H24BrNO7/c1-30-20-6-4-17(25(28)29)12-19(20)27-13-16-9-18(26)24(23(11-16)31-2)34-14-15-3-5-21-22(10-15)33-8-7-32-21/h3-6,9-12,27H,7-8,13-14H2,1-2H3,(H,28,29). The number of carboxylic acids is 1. The van der Waals surface area contributed by atoms with Crippen molar-refractivity contribution < 1.29 is 33.6 Å². The molecule has 1 aliphatic heterocycles. The van der Waals surface area contributed by atoms with Gasteiger partial charge in [0.05, 0.1) is 29.9 Å². The fourth-order valence-electron chi connectivity index (χ4n) is 3.52. The summed E-state index contributed by atoms with van der Waals surface area (Å²) in [5, 5.41) is 12.5. The van der Waals surface area contributed by atoms with Crippen LogP contribution in [0.3, 0.4) is 0 Å². The Kier molecular flexibility index (Phi) is 7.32. The third-order valence-corrected chi connectivity index (χ3v) is 5.80. The van der Waals surface area contributed by atoms with Gasteiger partial charge in [-0.15, -0.1) is 0 Å². The first-order valence-electron chi connectivity index (χ1n) is 10.5. The van der Waals surface area contributed by atoms with Crippen LogP contribution >= 0.6 is 15.9 Å². The molecule has 0 bridgehead atoms. The average Bonchev–Trinajstić information content (AvgIpc) is 2.86. The molecule has 3 aromatic carbocycles. The minimum atomic E-state index is -1.00. The molecule has 3 aromatic rings. The Labute approximate surface area is 205 Å². The number of hydrogen-bond donors (Lipinski definition) is 2. The van der Waals surface area contributed by atoms with Crippen LogP contribution in [0.1, 0.15) is 21.5 Å². The molecule has 34 heavy (non-hydrogen) atoms. The minimum Gasteiger partial charge on any atom is -0.495 e. The lowest BCUT2D eigenvalue weighted by Gasteiger charge is -2.19. The molecule has 0 saturated carbocycles. The summed E-state index contributed by atoms with van der Waals surface area (Å²) in [4.78, 5) is 11.3. The number of anilines is 1. The lowest BCUT2D eigenvalue weighted by Crippen LogP contribution is -2.15. The first kappa shape index (κ1) is 23.6. The van der Waals surface area contributed by atoms with E-state index in [-0.39, 0.29) is 5.56 Å². The van der Waals surface area contributed by atoms with Crippen molar-refractivity contribution in [2.24, 2.45) is 0 Å². The summed E-state index contributed by atoms with van der Waals surface area (Å²) < 4.78 is 28.9. The second-order valence-corrected chi connectivity index (χ2v) is 8.30. The molecule has 178 valence electrons. The molecule has 0 saturated heterocycles. The second kappa shape index (κ2) is 10.6. The maximum Gasteiger partial charge on any atom is 0.335 e. The summed E-state index contributed by atoms with van der Waals surface area (Å²) in [6.07, 6.45) is 0. The Bertz CT molecular complexity index is 1200. The topological polar surface area (TPSA) is 95.5 Å². The van der Waals surface area contributed by atoms with E-state index in [2.05, 4.69) is 21.2 Å². The molecule has 0 amide bonds. The molecule has 8 nitrogen and oxygen atoms in total. The molecular formula is C25H24BrNO7. The van der Waals surface area contributed by atoms with Crippen LogP contribution in [0.2, 0.25) is 0 Å². The van der Waals surface area contributed by atoms with Crippen LogP contribution in [-0.4, -0.2) is 38.5 Å². The van der Waals surface area contributed by atoms with Crippen molar-refractivity contribution in [3.63, 3.8) is 0 Å². The minimum absolute atomic E-state index is 0.171. The van der Waals surface area contributed by atoms with Crippen LogP contribution in [0.15, 0.2) is 53.0 Å². The Hall–Kier alpha value is -3.59. The van der Waals surface area contributed by atoms with Gasteiger partial charge in [-0.05, 0) is 69.5 Å². The van der Waals surface area contributed by atoms with Crippen molar-refractivity contribution in [3.05, 3.63) is 69.7 Å². The highest BCUT2D eigenvalue weighted by Crippen LogP contribution is 2.38. The van der Waals surface area contributed by atoms with Gasteiger partial charge in [-0.1, -0.05) is 6.07 Å². The molecule has 0 aromatic heterocycles. The van der Waals surface area contributed by atoms with E-state index in [9.17, 15) is 9.90 Å². The van der Waals surface area contributed by atoms with E-state index >= 15 is 0 Å². The van der Waals surface area contributed by atoms with Gasteiger partial charge < -0.3 is 34.1 Å². The van der Waals surface area contributed by atoms with Gasteiger partial charge in [-0.3, -0.25) is 0 Å². The number of ether oxygens (including phenoxy) is 5. The number of carbonyl (C=O) groups is 1. The Morgan fingerprint density at radius 2 is 1.74 bits per heavy atom. The van der Waals surface area contributed by atoms with Gasteiger partial charge in [-0.2, -0.15) is 0 Å². The predicted octanol–water partition coefficient (Wildman–Crippen LogP) is 5.13. The molecule has 9 heteroatoms. The first-order valence-corrected chi connectivity index (χ1v) is 11.3. The van der Waals surface area contributed by atoms with Crippen LogP contribution < -0.4 is 29.0 Å². The predicted molar refractivity (Wildman–Crippen MR) is 130 cm³/mol. The number of carboxylic acid groups (broad SMARTS) is 1. The van der Waals surface area contributed by atoms with Crippen LogP contribution in [0.25, 0.3) is 0 Å². The van der Waals surface area contributed by atoms with Crippen molar-refractivity contribution in [2.45, 2.75) is 13.2 Å². The summed E-state index contributed by atoms with van der Waals surface area (Å²) in [5.41, 5.74) is 2.59. The summed E-state index contributed by atoms with van der Waals surface area (Å²) in [5.74, 6) is 2.13. The molecule has 4 rings (SSSR count). The van der Waals surface area contributed by atoms with Crippen molar-refractivity contribution >= 4 is 27.6 Å². The molecule has 0 spiro atoms. The van der Waals surface area contributed by atoms with E-state index in [1.165, 1.54) is 19.2 Å². The molecular weight excluding hydrogens is 506 g/mol. The normalized spacial score (nSPS) is 12.1. The first-order chi connectivity index (χ1) is 16.5. The van der Waals surface area contributed by atoms with E-state index in [1.807, 2.05) is 30.3 Å². The van der Waals surface area contributed by atoms with E-state index in [0.29, 0.717) is 55.1 Å². The number of methoxy groups -OCH3 is 2. The number of benzene rings is 3. The highest BCUT2D eigenvalue weighted by atomic mass is 79.9. The molecule has 0 fully saturated rings. The largest absolute Gasteiger partial charge is 0.495 e. The number of halogens is 1. The lowest BCUT2D eigenvalue weighted by atomic mass is 10.1. The highest BCUT2D eigenvalue weighted by Gasteiger charge is 2.16. The zero-order valence-electron chi connectivity index (χ0n) is 18.7. The van der Waals surface area contributed by atoms with E-state index < -0.39 is 5.97 Å². The van der Waals surface area contributed by atoms with Crippen molar-refractivity contribution in [1.82, 2.24) is 0 Å². The molecule has 0 aliphatic carbocycles. The van der Waals surface area contributed by atoms with Crippen LogP contribution in [0.5, 0.6) is 28.7 Å². The lowest BCUT2D eigenvalue weighted by molar-refractivity contribution is 0.0697. The smallest absolute Gasteiger partial charge is 0.335 e. The van der Waals surface area contributed by atoms with Crippen LogP contribution in [-0.2, 0) is 13.2 Å².